The average Bonchev–Trinajstić information content (AvgIpc) is 2.39. The van der Waals surface area contributed by atoms with Crippen LogP contribution in [-0.4, -0.2) is 33.4 Å². The standard InChI is InChI=1S/C13H20ClN3O/c1-16-12-8-13(10(14)7-11(12)15)17-5-3-9(18-2)4-6-17/h7-9,16H,3-6,15H2,1-2H3. The van der Waals surface area contributed by atoms with E-state index in [1.54, 1.807) is 7.11 Å². The number of halogens is 1. The normalized spacial score (nSPS) is 16.9. The van der Waals surface area contributed by atoms with E-state index in [4.69, 9.17) is 22.1 Å². The molecule has 1 aliphatic heterocycles. The molecule has 0 bridgehead atoms. The van der Waals surface area contributed by atoms with E-state index in [1.165, 1.54) is 0 Å². The van der Waals surface area contributed by atoms with Gasteiger partial charge in [-0.2, -0.15) is 0 Å². The second kappa shape index (κ2) is 5.67. The Kier molecular flexibility index (Phi) is 4.19. The van der Waals surface area contributed by atoms with E-state index in [-0.39, 0.29) is 0 Å². The first-order valence-corrected chi connectivity index (χ1v) is 6.58. The van der Waals surface area contributed by atoms with Crippen molar-refractivity contribution in [2.75, 3.05) is 43.2 Å². The number of nitrogens with two attached hydrogens (primary N) is 1. The van der Waals surface area contributed by atoms with E-state index in [1.807, 2.05) is 19.2 Å². The third-order valence-electron chi connectivity index (χ3n) is 3.50. The van der Waals surface area contributed by atoms with Crippen LogP contribution < -0.4 is 16.0 Å². The lowest BCUT2D eigenvalue weighted by Crippen LogP contribution is -2.36. The van der Waals surface area contributed by atoms with E-state index < -0.39 is 0 Å². The molecule has 0 unspecified atom stereocenters. The number of anilines is 3. The van der Waals surface area contributed by atoms with Gasteiger partial charge in [-0.15, -0.1) is 0 Å². The summed E-state index contributed by atoms with van der Waals surface area (Å²) >= 11 is 6.28. The topological polar surface area (TPSA) is 50.5 Å². The van der Waals surface area contributed by atoms with Gasteiger partial charge in [-0.3, -0.25) is 0 Å². The number of piperidine rings is 1. The summed E-state index contributed by atoms with van der Waals surface area (Å²) in [4.78, 5) is 2.29. The minimum absolute atomic E-state index is 0.373. The number of nitrogen functional groups attached to an aromatic ring is 1. The molecule has 1 aromatic carbocycles. The molecule has 1 fully saturated rings. The number of methoxy groups -OCH3 is 1. The van der Waals surface area contributed by atoms with Crippen LogP contribution in [-0.2, 0) is 4.74 Å². The summed E-state index contributed by atoms with van der Waals surface area (Å²) in [7, 11) is 3.64. The van der Waals surface area contributed by atoms with Crippen molar-refractivity contribution in [3.05, 3.63) is 17.2 Å². The first kappa shape index (κ1) is 13.3. The Bertz CT molecular complexity index is 417. The molecule has 4 nitrogen and oxygen atoms in total. The molecule has 5 heteroatoms. The number of hydrogen-bond acceptors (Lipinski definition) is 4. The van der Waals surface area contributed by atoms with Crippen LogP contribution in [0.2, 0.25) is 5.02 Å². The molecule has 0 spiro atoms. The quantitative estimate of drug-likeness (QED) is 0.828. The highest BCUT2D eigenvalue weighted by Gasteiger charge is 2.21. The summed E-state index contributed by atoms with van der Waals surface area (Å²) in [6, 6.07) is 3.83. The molecule has 1 saturated heterocycles. The van der Waals surface area contributed by atoms with Gasteiger partial charge in [0, 0.05) is 27.2 Å². The Balaban J connectivity index is 2.18. The van der Waals surface area contributed by atoms with Gasteiger partial charge in [0.25, 0.3) is 0 Å². The maximum atomic E-state index is 6.28. The van der Waals surface area contributed by atoms with Gasteiger partial charge in [-0.25, -0.2) is 0 Å². The Labute approximate surface area is 113 Å². The molecule has 2 rings (SSSR count). The van der Waals surface area contributed by atoms with Gasteiger partial charge in [0.15, 0.2) is 0 Å². The highest BCUT2D eigenvalue weighted by molar-refractivity contribution is 6.33. The van der Waals surface area contributed by atoms with Gasteiger partial charge in [0.05, 0.1) is 28.2 Å². The first-order valence-electron chi connectivity index (χ1n) is 6.20. The van der Waals surface area contributed by atoms with E-state index in [0.717, 1.165) is 37.3 Å². The zero-order chi connectivity index (χ0) is 13.1. The van der Waals surface area contributed by atoms with Crippen molar-refractivity contribution >= 4 is 28.7 Å². The molecule has 0 saturated carbocycles. The highest BCUT2D eigenvalue weighted by Crippen LogP contribution is 2.34. The number of nitrogens with zero attached hydrogens (tertiary/aromatic N) is 1. The zero-order valence-electron chi connectivity index (χ0n) is 10.9. The van der Waals surface area contributed by atoms with E-state index in [9.17, 15) is 0 Å². The van der Waals surface area contributed by atoms with E-state index in [0.29, 0.717) is 16.8 Å². The Hall–Kier alpha value is -1.13. The summed E-state index contributed by atoms with van der Waals surface area (Å²) in [5.74, 6) is 0. The van der Waals surface area contributed by atoms with Crippen molar-refractivity contribution < 1.29 is 4.74 Å². The molecule has 3 N–H and O–H groups in total. The third kappa shape index (κ3) is 2.65. The van der Waals surface area contributed by atoms with Gasteiger partial charge in [-0.05, 0) is 25.0 Å². The number of benzene rings is 1. The molecule has 0 aliphatic carbocycles. The third-order valence-corrected chi connectivity index (χ3v) is 3.81. The van der Waals surface area contributed by atoms with Crippen molar-refractivity contribution in [3.63, 3.8) is 0 Å². The van der Waals surface area contributed by atoms with Gasteiger partial charge in [0.1, 0.15) is 0 Å². The second-order valence-corrected chi connectivity index (χ2v) is 4.97. The molecule has 0 amide bonds. The maximum Gasteiger partial charge on any atom is 0.0661 e. The Morgan fingerprint density at radius 3 is 2.61 bits per heavy atom. The van der Waals surface area contributed by atoms with Crippen LogP contribution in [0.3, 0.4) is 0 Å². The molecule has 0 atom stereocenters. The number of nitrogens with one attached hydrogen (secondary N) is 1. The predicted molar refractivity (Wildman–Crippen MR) is 77.7 cm³/mol. The zero-order valence-corrected chi connectivity index (χ0v) is 11.6. The SMILES string of the molecule is CNc1cc(N2CCC(OC)CC2)c(Cl)cc1N. The fraction of sp³-hybridized carbons (Fsp3) is 0.538. The fourth-order valence-corrected chi connectivity index (χ4v) is 2.66. The number of hydrogen-bond donors (Lipinski definition) is 2. The van der Waals surface area contributed by atoms with Crippen LogP contribution in [0.15, 0.2) is 12.1 Å². The minimum Gasteiger partial charge on any atom is -0.397 e. The molecular formula is C13H20ClN3O. The predicted octanol–water partition coefficient (Wildman–Crippen LogP) is 2.58. The van der Waals surface area contributed by atoms with Crippen molar-refractivity contribution in [1.82, 2.24) is 0 Å². The van der Waals surface area contributed by atoms with Gasteiger partial charge in [0.2, 0.25) is 0 Å². The fourth-order valence-electron chi connectivity index (χ4n) is 2.37. The van der Waals surface area contributed by atoms with Crippen LogP contribution in [0, 0.1) is 0 Å². The van der Waals surface area contributed by atoms with E-state index in [2.05, 4.69) is 10.2 Å². The van der Waals surface area contributed by atoms with Crippen molar-refractivity contribution in [3.8, 4) is 0 Å². The molecule has 18 heavy (non-hydrogen) atoms. The molecule has 0 radical (unpaired) electrons. The summed E-state index contributed by atoms with van der Waals surface area (Å²) in [5, 5.41) is 3.80. The lowest BCUT2D eigenvalue weighted by atomic mass is 10.1. The minimum atomic E-state index is 0.373. The van der Waals surface area contributed by atoms with Gasteiger partial charge < -0.3 is 20.7 Å². The van der Waals surface area contributed by atoms with Crippen LogP contribution in [0.5, 0.6) is 0 Å². The summed E-state index contributed by atoms with van der Waals surface area (Å²) in [6.07, 6.45) is 2.44. The van der Waals surface area contributed by atoms with Crippen molar-refractivity contribution in [1.29, 1.82) is 0 Å². The molecule has 1 heterocycles. The van der Waals surface area contributed by atoms with Gasteiger partial charge in [-0.1, -0.05) is 11.6 Å². The Morgan fingerprint density at radius 2 is 2.06 bits per heavy atom. The van der Waals surface area contributed by atoms with Crippen LogP contribution in [0.1, 0.15) is 12.8 Å². The lowest BCUT2D eigenvalue weighted by molar-refractivity contribution is 0.0819. The lowest BCUT2D eigenvalue weighted by Gasteiger charge is -2.33. The monoisotopic (exact) mass is 269 g/mol. The van der Waals surface area contributed by atoms with Crippen LogP contribution in [0.25, 0.3) is 0 Å². The smallest absolute Gasteiger partial charge is 0.0661 e. The molecule has 0 aromatic heterocycles. The molecule has 1 aromatic rings. The Morgan fingerprint density at radius 1 is 1.39 bits per heavy atom. The number of ether oxygens (including phenoxy) is 1. The van der Waals surface area contributed by atoms with Gasteiger partial charge >= 0.3 is 0 Å². The maximum absolute atomic E-state index is 6.28. The molecular weight excluding hydrogens is 250 g/mol. The first-order chi connectivity index (χ1) is 8.65. The summed E-state index contributed by atoms with van der Waals surface area (Å²) in [5.41, 5.74) is 8.53. The highest BCUT2D eigenvalue weighted by atomic mass is 35.5. The summed E-state index contributed by atoms with van der Waals surface area (Å²) < 4.78 is 5.38. The van der Waals surface area contributed by atoms with Crippen LogP contribution >= 0.6 is 11.6 Å². The second-order valence-electron chi connectivity index (χ2n) is 4.56. The van der Waals surface area contributed by atoms with Crippen molar-refractivity contribution in [2.45, 2.75) is 18.9 Å². The average molecular weight is 270 g/mol. The number of rotatable bonds is 3. The molecule has 100 valence electrons. The summed E-state index contributed by atoms with van der Waals surface area (Å²) in [6.45, 7) is 1.93. The largest absolute Gasteiger partial charge is 0.397 e. The van der Waals surface area contributed by atoms with E-state index >= 15 is 0 Å². The molecule has 1 aliphatic rings. The van der Waals surface area contributed by atoms with Crippen molar-refractivity contribution in [2.24, 2.45) is 0 Å². The van der Waals surface area contributed by atoms with Crippen LogP contribution in [0.4, 0.5) is 17.1 Å².